The highest BCUT2D eigenvalue weighted by Gasteiger charge is 2.24. The third kappa shape index (κ3) is 4.57. The minimum absolute atomic E-state index is 0.0319. The van der Waals surface area contributed by atoms with Gasteiger partial charge in [-0.25, -0.2) is 9.97 Å². The molecule has 8 nitrogen and oxygen atoms in total. The van der Waals surface area contributed by atoms with E-state index in [1.54, 1.807) is 22.8 Å². The first kappa shape index (κ1) is 19.6. The van der Waals surface area contributed by atoms with Gasteiger partial charge < -0.3 is 19.9 Å². The van der Waals surface area contributed by atoms with Gasteiger partial charge in [0.05, 0.1) is 12.3 Å². The third-order valence-corrected chi connectivity index (χ3v) is 4.52. The van der Waals surface area contributed by atoms with Crippen LogP contribution in [0.4, 0.5) is 11.6 Å². The Labute approximate surface area is 164 Å². The van der Waals surface area contributed by atoms with Crippen molar-refractivity contribution in [1.29, 1.82) is 0 Å². The highest BCUT2D eigenvalue weighted by Crippen LogP contribution is 2.26. The van der Waals surface area contributed by atoms with Crippen LogP contribution >= 0.6 is 0 Å². The van der Waals surface area contributed by atoms with E-state index in [1.165, 1.54) is 0 Å². The average molecular weight is 383 g/mol. The molecule has 0 radical (unpaired) electrons. The van der Waals surface area contributed by atoms with E-state index in [1.807, 2.05) is 38.1 Å². The number of hydrogen-bond donors (Lipinski definition) is 1. The van der Waals surface area contributed by atoms with Crippen molar-refractivity contribution in [2.45, 2.75) is 20.8 Å². The number of nitrogens with one attached hydrogen (secondary N) is 1. The minimum atomic E-state index is -0.158. The van der Waals surface area contributed by atoms with E-state index in [2.05, 4.69) is 15.3 Å². The molecule has 1 aromatic heterocycles. The summed E-state index contributed by atoms with van der Waals surface area (Å²) in [6.07, 6.45) is 0. The first-order valence-corrected chi connectivity index (χ1v) is 9.37. The molecule has 0 aliphatic carbocycles. The molecule has 0 bridgehead atoms. The van der Waals surface area contributed by atoms with Crippen molar-refractivity contribution in [2.75, 3.05) is 38.1 Å². The van der Waals surface area contributed by atoms with Gasteiger partial charge in [-0.3, -0.25) is 9.59 Å². The molecule has 148 valence electrons. The van der Waals surface area contributed by atoms with E-state index in [4.69, 9.17) is 4.74 Å². The van der Waals surface area contributed by atoms with Crippen LogP contribution in [0.1, 0.15) is 30.0 Å². The first-order chi connectivity index (χ1) is 13.5. The first-order valence-electron chi connectivity index (χ1n) is 9.37. The molecule has 0 saturated carbocycles. The van der Waals surface area contributed by atoms with Crippen LogP contribution in [0, 0.1) is 6.92 Å². The average Bonchev–Trinajstić information content (AvgIpc) is 2.69. The van der Waals surface area contributed by atoms with Gasteiger partial charge in [0.2, 0.25) is 11.9 Å². The number of nitrogens with zero attached hydrogens (tertiary/aromatic N) is 4. The van der Waals surface area contributed by atoms with Crippen molar-refractivity contribution in [3.05, 3.63) is 41.7 Å². The van der Waals surface area contributed by atoms with Crippen LogP contribution in [0.2, 0.25) is 0 Å². The number of aryl methyl sites for hydroxylation is 1. The minimum Gasteiger partial charge on any atom is -0.492 e. The molecule has 1 fully saturated rings. The molecule has 2 heterocycles. The molecule has 28 heavy (non-hydrogen) atoms. The van der Waals surface area contributed by atoms with Crippen LogP contribution in [-0.2, 0) is 4.79 Å². The summed E-state index contributed by atoms with van der Waals surface area (Å²) < 4.78 is 5.62. The Morgan fingerprint density at radius 1 is 1.11 bits per heavy atom. The summed E-state index contributed by atoms with van der Waals surface area (Å²) in [7, 11) is 0. The summed E-state index contributed by atoms with van der Waals surface area (Å²) in [6.45, 7) is 7.91. The van der Waals surface area contributed by atoms with Crippen molar-refractivity contribution in [1.82, 2.24) is 19.8 Å². The fraction of sp³-hybridized carbons (Fsp3) is 0.400. The number of ether oxygens (including phenoxy) is 1. The fourth-order valence-corrected chi connectivity index (χ4v) is 3.09. The summed E-state index contributed by atoms with van der Waals surface area (Å²) >= 11 is 0. The van der Waals surface area contributed by atoms with Crippen LogP contribution in [0.3, 0.4) is 0 Å². The Bertz CT molecular complexity index is 863. The molecule has 0 atom stereocenters. The second-order valence-corrected chi connectivity index (χ2v) is 6.57. The lowest BCUT2D eigenvalue weighted by atomic mass is 10.2. The summed E-state index contributed by atoms with van der Waals surface area (Å²) in [4.78, 5) is 36.6. The molecule has 2 amide bonds. The molecule has 1 aromatic carbocycles. The van der Waals surface area contributed by atoms with Gasteiger partial charge in [-0.1, -0.05) is 12.1 Å². The zero-order valence-corrected chi connectivity index (χ0v) is 16.4. The number of aromatic nitrogens is 2. The molecule has 1 aliphatic rings. The normalized spacial score (nSPS) is 14.0. The van der Waals surface area contributed by atoms with E-state index in [0.717, 1.165) is 5.69 Å². The number of piperazine rings is 1. The number of amides is 2. The Kier molecular flexibility index (Phi) is 6.08. The number of anilines is 2. The monoisotopic (exact) mass is 383 g/mol. The largest absolute Gasteiger partial charge is 0.492 e. The molecule has 2 aromatic rings. The van der Waals surface area contributed by atoms with Crippen molar-refractivity contribution in [3.8, 4) is 5.75 Å². The van der Waals surface area contributed by atoms with Crippen molar-refractivity contribution in [3.63, 3.8) is 0 Å². The van der Waals surface area contributed by atoms with E-state index < -0.39 is 0 Å². The second-order valence-electron chi connectivity index (χ2n) is 6.57. The number of carbonyl (C=O) groups is 2. The van der Waals surface area contributed by atoms with E-state index in [-0.39, 0.29) is 11.8 Å². The smallest absolute Gasteiger partial charge is 0.272 e. The van der Waals surface area contributed by atoms with Gasteiger partial charge in [-0.05, 0) is 32.0 Å². The van der Waals surface area contributed by atoms with Crippen molar-refractivity contribution in [2.24, 2.45) is 0 Å². The highest BCUT2D eigenvalue weighted by atomic mass is 16.5. The van der Waals surface area contributed by atoms with E-state index in [9.17, 15) is 9.59 Å². The lowest BCUT2D eigenvalue weighted by Gasteiger charge is -2.34. The Morgan fingerprint density at radius 2 is 1.79 bits per heavy atom. The fourth-order valence-electron chi connectivity index (χ4n) is 3.09. The molecule has 1 saturated heterocycles. The standard InChI is InChI=1S/C20H25N5O3/c1-4-28-18-8-6-5-7-16(18)22-20-21-14(2)13-17(23-20)19(27)25-11-9-24(10-12-25)15(3)26/h5-8,13H,4,9-12H2,1-3H3,(H,21,22,23). The quantitative estimate of drug-likeness (QED) is 0.852. The molecule has 8 heteroatoms. The Hall–Kier alpha value is -3.16. The van der Waals surface area contributed by atoms with Crippen LogP contribution in [0.25, 0.3) is 0 Å². The Balaban J connectivity index is 1.77. The maximum Gasteiger partial charge on any atom is 0.272 e. The molecule has 0 unspecified atom stereocenters. The maximum absolute atomic E-state index is 12.9. The summed E-state index contributed by atoms with van der Waals surface area (Å²) in [5, 5.41) is 3.15. The predicted molar refractivity (Wildman–Crippen MR) is 106 cm³/mol. The van der Waals surface area contributed by atoms with Gasteiger partial charge in [0, 0.05) is 38.8 Å². The summed E-state index contributed by atoms with van der Waals surface area (Å²) in [5.41, 5.74) is 1.76. The zero-order valence-electron chi connectivity index (χ0n) is 16.4. The zero-order chi connectivity index (χ0) is 20.1. The summed E-state index contributed by atoms with van der Waals surface area (Å²) in [6, 6.07) is 9.20. The van der Waals surface area contributed by atoms with Gasteiger partial charge in [0.1, 0.15) is 11.4 Å². The maximum atomic E-state index is 12.9. The molecular weight excluding hydrogens is 358 g/mol. The molecule has 0 spiro atoms. The van der Waals surface area contributed by atoms with E-state index in [0.29, 0.717) is 55.9 Å². The lowest BCUT2D eigenvalue weighted by molar-refractivity contribution is -0.130. The van der Waals surface area contributed by atoms with Crippen LogP contribution in [-0.4, -0.2) is 64.4 Å². The molecule has 3 rings (SSSR count). The number of hydrogen-bond acceptors (Lipinski definition) is 6. The van der Waals surface area contributed by atoms with Crippen LogP contribution < -0.4 is 10.1 Å². The predicted octanol–water partition coefficient (Wildman–Crippen LogP) is 2.23. The van der Waals surface area contributed by atoms with Gasteiger partial charge >= 0.3 is 0 Å². The third-order valence-electron chi connectivity index (χ3n) is 4.52. The lowest BCUT2D eigenvalue weighted by Crippen LogP contribution is -2.50. The number of benzene rings is 1. The van der Waals surface area contributed by atoms with Crippen molar-refractivity contribution >= 4 is 23.5 Å². The number of rotatable bonds is 5. The van der Waals surface area contributed by atoms with Gasteiger partial charge in [0.25, 0.3) is 5.91 Å². The second kappa shape index (κ2) is 8.69. The molecule has 1 N–H and O–H groups in total. The van der Waals surface area contributed by atoms with Gasteiger partial charge in [-0.2, -0.15) is 0 Å². The number of para-hydroxylation sites is 2. The van der Waals surface area contributed by atoms with Crippen LogP contribution in [0.15, 0.2) is 30.3 Å². The highest BCUT2D eigenvalue weighted by molar-refractivity contribution is 5.93. The van der Waals surface area contributed by atoms with Gasteiger partial charge in [0.15, 0.2) is 0 Å². The van der Waals surface area contributed by atoms with Crippen LogP contribution in [0.5, 0.6) is 5.75 Å². The SMILES string of the molecule is CCOc1ccccc1Nc1nc(C)cc(C(=O)N2CCN(C(C)=O)CC2)n1. The molecular formula is C20H25N5O3. The Morgan fingerprint density at radius 3 is 2.46 bits per heavy atom. The molecule has 1 aliphatic heterocycles. The van der Waals surface area contributed by atoms with Gasteiger partial charge in [-0.15, -0.1) is 0 Å². The summed E-state index contributed by atoms with van der Waals surface area (Å²) in [5.74, 6) is 0.917. The topological polar surface area (TPSA) is 87.7 Å². The number of carbonyl (C=O) groups excluding carboxylic acids is 2. The van der Waals surface area contributed by atoms with E-state index >= 15 is 0 Å². The van der Waals surface area contributed by atoms with Crippen molar-refractivity contribution < 1.29 is 14.3 Å².